The summed E-state index contributed by atoms with van der Waals surface area (Å²) in [6, 6.07) is 17.5. The lowest BCUT2D eigenvalue weighted by atomic mass is 10.1. The number of piperazine rings is 1. The largest absolute Gasteiger partial charge is 0.484 e. The summed E-state index contributed by atoms with van der Waals surface area (Å²) in [4.78, 5) is 28.1. The molecule has 5 rings (SSSR count). The van der Waals surface area contributed by atoms with Crippen LogP contribution in [0, 0.1) is 0 Å². The summed E-state index contributed by atoms with van der Waals surface area (Å²) in [6.07, 6.45) is 1.80. The number of carbonyl (C=O) groups excluding carboxylic acids is 1. The van der Waals surface area contributed by atoms with Crippen LogP contribution in [0.1, 0.15) is 0 Å². The number of benzene rings is 2. The van der Waals surface area contributed by atoms with Crippen molar-refractivity contribution in [2.24, 2.45) is 0 Å². The number of rotatable bonds is 6. The topological polar surface area (TPSA) is 71.0 Å². The summed E-state index contributed by atoms with van der Waals surface area (Å²) in [7, 11) is 0. The molecule has 0 unspecified atom stereocenters. The number of morpholine rings is 1. The van der Waals surface area contributed by atoms with Crippen molar-refractivity contribution in [3.63, 3.8) is 0 Å². The Kier molecular flexibility index (Phi) is 7.30. The second-order valence-corrected chi connectivity index (χ2v) is 8.94. The van der Waals surface area contributed by atoms with Gasteiger partial charge in [0.15, 0.2) is 6.61 Å². The molecule has 3 aromatic rings. The number of amides is 1. The third-order valence-corrected chi connectivity index (χ3v) is 6.49. The molecule has 2 aliphatic heterocycles. The number of nitrogens with zero attached hydrogens (tertiary/aromatic N) is 5. The predicted molar refractivity (Wildman–Crippen MR) is 136 cm³/mol. The van der Waals surface area contributed by atoms with Gasteiger partial charge in [0.2, 0.25) is 5.95 Å². The molecule has 0 aliphatic carbocycles. The van der Waals surface area contributed by atoms with Gasteiger partial charge in [-0.2, -0.15) is 0 Å². The summed E-state index contributed by atoms with van der Waals surface area (Å²) in [6.45, 7) is 5.89. The average molecular weight is 494 g/mol. The van der Waals surface area contributed by atoms with Crippen molar-refractivity contribution in [1.82, 2.24) is 14.9 Å². The Hall–Kier alpha value is -3.36. The first-order valence-electron chi connectivity index (χ1n) is 11.8. The van der Waals surface area contributed by atoms with Gasteiger partial charge in [-0.3, -0.25) is 4.79 Å². The van der Waals surface area contributed by atoms with Crippen molar-refractivity contribution in [1.29, 1.82) is 0 Å². The van der Waals surface area contributed by atoms with E-state index >= 15 is 0 Å². The number of aromatic nitrogens is 2. The molecule has 0 atom stereocenters. The lowest BCUT2D eigenvalue weighted by molar-refractivity contribution is -0.133. The predicted octanol–water partition coefficient (Wildman–Crippen LogP) is 3.36. The van der Waals surface area contributed by atoms with E-state index in [4.69, 9.17) is 26.1 Å². The number of ether oxygens (including phenoxy) is 2. The van der Waals surface area contributed by atoms with Crippen molar-refractivity contribution in [3.8, 4) is 17.0 Å². The first-order valence-corrected chi connectivity index (χ1v) is 12.2. The fourth-order valence-corrected chi connectivity index (χ4v) is 4.46. The summed E-state index contributed by atoms with van der Waals surface area (Å²) in [5, 5.41) is 0.582. The highest BCUT2D eigenvalue weighted by molar-refractivity contribution is 6.30. The van der Waals surface area contributed by atoms with E-state index in [0.717, 1.165) is 37.6 Å². The zero-order valence-electron chi connectivity index (χ0n) is 19.5. The minimum Gasteiger partial charge on any atom is -0.484 e. The summed E-state index contributed by atoms with van der Waals surface area (Å²) >= 11 is 5.97. The van der Waals surface area contributed by atoms with E-state index in [-0.39, 0.29) is 12.5 Å². The molecule has 2 fully saturated rings. The van der Waals surface area contributed by atoms with Gasteiger partial charge >= 0.3 is 0 Å². The Morgan fingerprint density at radius 1 is 0.943 bits per heavy atom. The van der Waals surface area contributed by atoms with Crippen LogP contribution in [0.15, 0.2) is 60.8 Å². The van der Waals surface area contributed by atoms with Gasteiger partial charge < -0.3 is 24.2 Å². The van der Waals surface area contributed by atoms with Gasteiger partial charge in [0.05, 0.1) is 18.9 Å². The molecule has 3 heterocycles. The van der Waals surface area contributed by atoms with Crippen LogP contribution in [0.4, 0.5) is 11.6 Å². The minimum atomic E-state index is -0.0420. The zero-order chi connectivity index (χ0) is 24.0. The van der Waals surface area contributed by atoms with E-state index in [9.17, 15) is 4.79 Å². The second kappa shape index (κ2) is 10.9. The molecule has 2 aliphatic rings. The summed E-state index contributed by atoms with van der Waals surface area (Å²) in [5.41, 5.74) is 3.14. The van der Waals surface area contributed by atoms with Crippen LogP contribution >= 0.6 is 11.6 Å². The highest BCUT2D eigenvalue weighted by Crippen LogP contribution is 2.24. The molecule has 0 N–H and O–H groups in total. The van der Waals surface area contributed by atoms with Gasteiger partial charge in [-0.05, 0) is 36.4 Å². The fraction of sp³-hybridized carbons (Fsp3) is 0.346. The van der Waals surface area contributed by atoms with Gasteiger partial charge in [-0.15, -0.1) is 0 Å². The van der Waals surface area contributed by atoms with Gasteiger partial charge in [0.1, 0.15) is 5.75 Å². The number of halogens is 1. The Balaban J connectivity index is 1.16. The van der Waals surface area contributed by atoms with Crippen LogP contribution in [-0.2, 0) is 9.53 Å². The summed E-state index contributed by atoms with van der Waals surface area (Å²) in [5.74, 6) is 1.23. The molecule has 2 saturated heterocycles. The zero-order valence-corrected chi connectivity index (χ0v) is 20.2. The summed E-state index contributed by atoms with van der Waals surface area (Å²) < 4.78 is 11.0. The lowest BCUT2D eigenvalue weighted by Gasteiger charge is -2.34. The third-order valence-electron chi connectivity index (χ3n) is 6.26. The van der Waals surface area contributed by atoms with E-state index in [2.05, 4.69) is 39.0 Å². The van der Waals surface area contributed by atoms with E-state index in [1.807, 2.05) is 11.0 Å². The molecule has 0 saturated carbocycles. The SMILES string of the molecule is O=C(COc1cccc(Cl)c1)N1CCN(c2nccc(-c3ccc(N4CCOCC4)cc3)n2)CC1. The first-order chi connectivity index (χ1) is 17.2. The minimum absolute atomic E-state index is 0.00717. The molecule has 1 aromatic heterocycles. The van der Waals surface area contributed by atoms with Gasteiger partial charge in [-0.1, -0.05) is 29.8 Å². The number of hydrogen-bond acceptors (Lipinski definition) is 7. The Labute approximate surface area is 210 Å². The van der Waals surface area contributed by atoms with Crippen molar-refractivity contribution >= 4 is 29.1 Å². The smallest absolute Gasteiger partial charge is 0.260 e. The molecule has 0 radical (unpaired) electrons. The van der Waals surface area contributed by atoms with Crippen LogP contribution in [0.5, 0.6) is 5.75 Å². The van der Waals surface area contributed by atoms with E-state index < -0.39 is 0 Å². The monoisotopic (exact) mass is 493 g/mol. The second-order valence-electron chi connectivity index (χ2n) is 8.50. The normalized spacial score (nSPS) is 16.3. The van der Waals surface area contributed by atoms with Crippen LogP contribution in [-0.4, -0.2) is 79.9 Å². The van der Waals surface area contributed by atoms with Gasteiger partial charge in [0.25, 0.3) is 5.91 Å². The van der Waals surface area contributed by atoms with Crippen molar-refractivity contribution in [2.75, 3.05) is 68.9 Å². The Morgan fingerprint density at radius 3 is 2.46 bits per heavy atom. The molecule has 35 heavy (non-hydrogen) atoms. The molecule has 0 bridgehead atoms. The lowest BCUT2D eigenvalue weighted by Crippen LogP contribution is -2.50. The maximum absolute atomic E-state index is 12.6. The van der Waals surface area contributed by atoms with Crippen molar-refractivity contribution in [3.05, 3.63) is 65.8 Å². The maximum Gasteiger partial charge on any atom is 0.260 e. The maximum atomic E-state index is 12.6. The molecule has 8 nitrogen and oxygen atoms in total. The van der Waals surface area contributed by atoms with Crippen molar-refractivity contribution < 1.29 is 14.3 Å². The average Bonchev–Trinajstić information content (AvgIpc) is 2.92. The number of carbonyl (C=O) groups is 1. The Morgan fingerprint density at radius 2 is 1.71 bits per heavy atom. The molecule has 1 amide bonds. The molecule has 9 heteroatoms. The van der Waals surface area contributed by atoms with Crippen LogP contribution in [0.25, 0.3) is 11.3 Å². The van der Waals surface area contributed by atoms with Crippen LogP contribution < -0.4 is 14.5 Å². The van der Waals surface area contributed by atoms with Gasteiger partial charge in [-0.25, -0.2) is 9.97 Å². The molecule has 182 valence electrons. The van der Waals surface area contributed by atoms with E-state index in [1.165, 1.54) is 5.69 Å². The Bertz CT molecular complexity index is 1150. The van der Waals surface area contributed by atoms with Gasteiger partial charge in [0, 0.05) is 61.7 Å². The molecule has 0 spiro atoms. The molecule has 2 aromatic carbocycles. The number of anilines is 2. The highest BCUT2D eigenvalue weighted by atomic mass is 35.5. The van der Waals surface area contributed by atoms with E-state index in [1.54, 1.807) is 30.5 Å². The number of hydrogen-bond donors (Lipinski definition) is 0. The van der Waals surface area contributed by atoms with Crippen LogP contribution in [0.2, 0.25) is 5.02 Å². The molecular weight excluding hydrogens is 466 g/mol. The van der Waals surface area contributed by atoms with E-state index in [0.29, 0.717) is 42.9 Å². The molecular formula is C26H28ClN5O3. The first kappa shape index (κ1) is 23.4. The third kappa shape index (κ3) is 5.83. The van der Waals surface area contributed by atoms with Crippen molar-refractivity contribution in [2.45, 2.75) is 0 Å². The quantitative estimate of drug-likeness (QED) is 0.521. The van der Waals surface area contributed by atoms with Crippen LogP contribution in [0.3, 0.4) is 0 Å². The highest BCUT2D eigenvalue weighted by Gasteiger charge is 2.23. The fourth-order valence-electron chi connectivity index (χ4n) is 4.28. The standard InChI is InChI=1S/C26H28ClN5O3/c27-21-2-1-3-23(18-21)35-19-25(33)31-10-12-32(13-11-31)26-28-9-8-24(29-26)20-4-6-22(7-5-20)30-14-16-34-17-15-30/h1-9,18H,10-17,19H2.